The summed E-state index contributed by atoms with van der Waals surface area (Å²) in [5.41, 5.74) is 0.462. The normalized spacial score (nSPS) is 29.8. The summed E-state index contributed by atoms with van der Waals surface area (Å²) in [4.78, 5) is 0. The fourth-order valence-electron chi connectivity index (χ4n) is 3.68. The van der Waals surface area contributed by atoms with Gasteiger partial charge in [-0.1, -0.05) is 17.8 Å². The molecule has 1 aliphatic heterocycles. The summed E-state index contributed by atoms with van der Waals surface area (Å²) >= 11 is 1.77. The zero-order valence-electron chi connectivity index (χ0n) is 11.2. The fraction of sp³-hybridized carbons (Fsp3) is 0.857. The molecule has 2 heterocycles. The Bertz CT molecular complexity index is 451. The second-order valence-electron chi connectivity index (χ2n) is 6.28. The maximum absolute atomic E-state index is 5.55. The first-order chi connectivity index (χ1) is 9.36. The van der Waals surface area contributed by atoms with E-state index in [9.17, 15) is 0 Å². The van der Waals surface area contributed by atoms with Gasteiger partial charge in [-0.25, -0.2) is 0 Å². The van der Waals surface area contributed by atoms with E-state index < -0.39 is 0 Å². The Labute approximate surface area is 118 Å². The molecular weight excluding hydrogens is 258 g/mol. The van der Waals surface area contributed by atoms with Gasteiger partial charge in [-0.3, -0.25) is 0 Å². The molecule has 104 valence electrons. The van der Waals surface area contributed by atoms with Crippen molar-refractivity contribution in [3.63, 3.8) is 0 Å². The molecular formula is C14H21N3OS. The van der Waals surface area contributed by atoms with Crippen molar-refractivity contribution in [3.8, 4) is 0 Å². The van der Waals surface area contributed by atoms with Crippen LogP contribution in [-0.4, -0.2) is 29.5 Å². The van der Waals surface area contributed by atoms with Crippen LogP contribution < -0.4 is 5.32 Å². The minimum absolute atomic E-state index is 0.462. The number of hydrogen-bond acceptors (Lipinski definition) is 5. The molecule has 1 unspecified atom stereocenters. The quantitative estimate of drug-likeness (QED) is 0.923. The van der Waals surface area contributed by atoms with Gasteiger partial charge in [-0.15, -0.1) is 10.2 Å². The van der Waals surface area contributed by atoms with Crippen LogP contribution in [0.15, 0.2) is 0 Å². The molecule has 1 saturated heterocycles. The van der Waals surface area contributed by atoms with Crippen molar-refractivity contribution >= 4 is 16.5 Å². The van der Waals surface area contributed by atoms with E-state index in [1.54, 1.807) is 11.3 Å². The molecule has 1 spiro atoms. The Morgan fingerprint density at radius 3 is 2.74 bits per heavy atom. The van der Waals surface area contributed by atoms with Gasteiger partial charge in [0.1, 0.15) is 5.01 Å². The zero-order chi connectivity index (χ0) is 12.7. The average Bonchev–Trinajstić information content (AvgIpc) is 3.09. The summed E-state index contributed by atoms with van der Waals surface area (Å²) in [5, 5.41) is 14.7. The molecule has 19 heavy (non-hydrogen) atoms. The van der Waals surface area contributed by atoms with Gasteiger partial charge in [0, 0.05) is 25.2 Å². The standard InChI is InChI=1S/C14H21N3OS/c1-2-11(14(5-1)6-8-18-9-7-14)15-13-17-16-12(19-13)10-3-4-10/h10-11H,1-9H2,(H,15,17). The van der Waals surface area contributed by atoms with Crippen molar-refractivity contribution < 1.29 is 4.74 Å². The summed E-state index contributed by atoms with van der Waals surface area (Å²) in [6, 6.07) is 0.580. The van der Waals surface area contributed by atoms with Gasteiger partial charge in [0.15, 0.2) is 0 Å². The Hall–Kier alpha value is -0.680. The molecule has 1 aromatic heterocycles. The number of aromatic nitrogens is 2. The Morgan fingerprint density at radius 1 is 1.11 bits per heavy atom. The van der Waals surface area contributed by atoms with E-state index in [-0.39, 0.29) is 0 Å². The molecule has 0 aromatic carbocycles. The lowest BCUT2D eigenvalue weighted by Gasteiger charge is -2.39. The van der Waals surface area contributed by atoms with Crippen LogP contribution in [0.4, 0.5) is 5.13 Å². The topological polar surface area (TPSA) is 47.0 Å². The predicted octanol–water partition coefficient (Wildman–Crippen LogP) is 3.18. The van der Waals surface area contributed by atoms with E-state index in [4.69, 9.17) is 4.74 Å². The first kappa shape index (κ1) is 12.1. The van der Waals surface area contributed by atoms with Gasteiger partial charge < -0.3 is 10.1 Å². The molecule has 1 atom stereocenters. The second kappa shape index (κ2) is 4.70. The SMILES string of the molecule is C1CC(Nc2nnc(C3CC3)s2)C2(C1)CCOCC2. The average molecular weight is 279 g/mol. The third kappa shape index (κ3) is 2.27. The molecule has 5 heteroatoms. The lowest BCUT2D eigenvalue weighted by Crippen LogP contribution is -2.40. The van der Waals surface area contributed by atoms with Crippen LogP contribution in [0.3, 0.4) is 0 Å². The summed E-state index contributed by atoms with van der Waals surface area (Å²) < 4.78 is 5.55. The van der Waals surface area contributed by atoms with Gasteiger partial charge >= 0.3 is 0 Å². The molecule has 4 rings (SSSR count). The number of anilines is 1. The van der Waals surface area contributed by atoms with Gasteiger partial charge in [-0.2, -0.15) is 0 Å². The Morgan fingerprint density at radius 2 is 1.95 bits per heavy atom. The van der Waals surface area contributed by atoms with Crippen LogP contribution in [0.25, 0.3) is 0 Å². The molecule has 0 bridgehead atoms. The van der Waals surface area contributed by atoms with E-state index in [0.717, 1.165) is 18.3 Å². The van der Waals surface area contributed by atoms with Crippen molar-refractivity contribution in [3.05, 3.63) is 5.01 Å². The summed E-state index contributed by atoms with van der Waals surface area (Å²) in [5.74, 6) is 0.716. The molecule has 2 aliphatic carbocycles. The van der Waals surface area contributed by atoms with Crippen molar-refractivity contribution in [2.45, 2.75) is 56.9 Å². The zero-order valence-corrected chi connectivity index (χ0v) is 12.0. The van der Waals surface area contributed by atoms with Crippen molar-refractivity contribution in [2.75, 3.05) is 18.5 Å². The summed E-state index contributed by atoms with van der Waals surface area (Å²) in [7, 11) is 0. The lowest BCUT2D eigenvalue weighted by atomic mass is 9.76. The minimum Gasteiger partial charge on any atom is -0.381 e. The van der Waals surface area contributed by atoms with Gasteiger partial charge in [0.25, 0.3) is 0 Å². The third-order valence-corrected chi connectivity index (χ3v) is 6.08. The van der Waals surface area contributed by atoms with Gasteiger partial charge in [0.2, 0.25) is 5.13 Å². The van der Waals surface area contributed by atoms with Crippen LogP contribution in [-0.2, 0) is 4.74 Å². The number of hydrogen-bond donors (Lipinski definition) is 1. The molecule has 1 N–H and O–H groups in total. The van der Waals surface area contributed by atoms with Crippen LogP contribution in [0.1, 0.15) is 55.9 Å². The van der Waals surface area contributed by atoms with E-state index in [2.05, 4.69) is 15.5 Å². The monoisotopic (exact) mass is 279 g/mol. The Balaban J connectivity index is 1.47. The van der Waals surface area contributed by atoms with Crippen LogP contribution in [0, 0.1) is 5.41 Å². The van der Waals surface area contributed by atoms with Crippen LogP contribution in [0.5, 0.6) is 0 Å². The second-order valence-corrected chi connectivity index (χ2v) is 7.29. The van der Waals surface area contributed by atoms with Crippen molar-refractivity contribution in [1.82, 2.24) is 10.2 Å². The largest absolute Gasteiger partial charge is 0.381 e. The predicted molar refractivity (Wildman–Crippen MR) is 75.6 cm³/mol. The highest BCUT2D eigenvalue weighted by Gasteiger charge is 2.44. The highest BCUT2D eigenvalue weighted by atomic mass is 32.1. The highest BCUT2D eigenvalue weighted by Crippen LogP contribution is 2.48. The fourth-order valence-corrected chi connectivity index (χ4v) is 4.64. The number of nitrogens with zero attached hydrogens (tertiary/aromatic N) is 2. The van der Waals surface area contributed by atoms with Crippen molar-refractivity contribution in [1.29, 1.82) is 0 Å². The molecule has 0 amide bonds. The minimum atomic E-state index is 0.462. The van der Waals surface area contributed by atoms with E-state index in [1.807, 2.05) is 0 Å². The third-order valence-electron chi connectivity index (χ3n) is 5.06. The first-order valence-electron chi connectivity index (χ1n) is 7.53. The van der Waals surface area contributed by atoms with Crippen LogP contribution >= 0.6 is 11.3 Å². The maximum atomic E-state index is 5.55. The summed E-state index contributed by atoms with van der Waals surface area (Å²) in [6.45, 7) is 1.86. The van der Waals surface area contributed by atoms with E-state index in [0.29, 0.717) is 17.4 Å². The molecule has 2 saturated carbocycles. The number of ether oxygens (including phenoxy) is 1. The molecule has 4 nitrogen and oxygen atoms in total. The number of rotatable bonds is 3. The lowest BCUT2D eigenvalue weighted by molar-refractivity contribution is 0.0134. The molecule has 3 aliphatic rings. The maximum Gasteiger partial charge on any atom is 0.205 e. The number of nitrogens with one attached hydrogen (secondary N) is 1. The van der Waals surface area contributed by atoms with E-state index in [1.165, 1.54) is 50.0 Å². The smallest absolute Gasteiger partial charge is 0.205 e. The van der Waals surface area contributed by atoms with E-state index >= 15 is 0 Å². The van der Waals surface area contributed by atoms with Gasteiger partial charge in [-0.05, 0) is 43.9 Å². The molecule has 3 fully saturated rings. The van der Waals surface area contributed by atoms with Gasteiger partial charge in [0.05, 0.1) is 0 Å². The molecule has 0 radical (unpaired) electrons. The highest BCUT2D eigenvalue weighted by molar-refractivity contribution is 7.15. The summed E-state index contributed by atoms with van der Waals surface area (Å²) in [6.07, 6.45) is 8.99. The van der Waals surface area contributed by atoms with Crippen LogP contribution in [0.2, 0.25) is 0 Å². The Kier molecular flexibility index (Phi) is 2.99. The molecule has 1 aromatic rings. The first-order valence-corrected chi connectivity index (χ1v) is 8.35. The van der Waals surface area contributed by atoms with Crippen molar-refractivity contribution in [2.24, 2.45) is 5.41 Å².